The van der Waals surface area contributed by atoms with Crippen LogP contribution in [0.4, 0.5) is 0 Å². The molecule has 0 amide bonds. The van der Waals surface area contributed by atoms with Gasteiger partial charge in [-0.1, -0.05) is 147 Å². The first-order chi connectivity index (χ1) is 12.4. The van der Waals surface area contributed by atoms with Crippen molar-refractivity contribution < 1.29 is 4.74 Å². The summed E-state index contributed by atoms with van der Waals surface area (Å²) in [5.41, 5.74) is 1.13. The molecular weight excluding hydrogens is 562 g/mol. The molecule has 4 heteroatoms. The van der Waals surface area contributed by atoms with Gasteiger partial charge in [0.15, 0.2) is 0 Å². The van der Waals surface area contributed by atoms with Gasteiger partial charge in [-0.2, -0.15) is 0 Å². The van der Waals surface area contributed by atoms with Crippen LogP contribution in [-0.4, -0.2) is 24.5 Å². The molecule has 26 heavy (non-hydrogen) atoms. The normalized spacial score (nSPS) is 12.0. The zero-order valence-corrected chi connectivity index (χ0v) is 23.9. The first-order valence-electron chi connectivity index (χ1n) is 11.0. The lowest BCUT2D eigenvalue weighted by atomic mass is 10.0. The maximum absolute atomic E-state index is 5.53. The van der Waals surface area contributed by atoms with Crippen molar-refractivity contribution >= 4 is 55.4 Å². The number of alkyl halides is 2. The van der Waals surface area contributed by atoms with Gasteiger partial charge in [-0.25, -0.2) is 0 Å². The Kier molecular flexibility index (Phi) is 20.7. The van der Waals surface area contributed by atoms with E-state index in [2.05, 4.69) is 51.8 Å². The van der Waals surface area contributed by atoms with Gasteiger partial charge in [0, 0.05) is 16.8 Å². The van der Waals surface area contributed by atoms with Crippen LogP contribution in [0.25, 0.3) is 0 Å². The highest BCUT2D eigenvalue weighted by atomic mass is 127. The molecule has 0 unspecified atom stereocenters. The fourth-order valence-corrected chi connectivity index (χ4v) is 4.30. The van der Waals surface area contributed by atoms with Gasteiger partial charge in [-0.15, -0.1) is 0 Å². The zero-order valence-electron chi connectivity index (χ0n) is 17.6. The molecule has 0 aromatic rings. The summed E-state index contributed by atoms with van der Waals surface area (Å²) >= 11 is 5.25. The fraction of sp³-hybridized carbons (Fsp3) is 0.909. The average Bonchev–Trinajstić information content (AvgIpc) is 2.55. The zero-order chi connectivity index (χ0) is 19.5. The van der Waals surface area contributed by atoms with Crippen LogP contribution in [0, 0.1) is 0 Å². The van der Waals surface area contributed by atoms with E-state index < -0.39 is 0 Å². The molecule has 0 aliphatic carbocycles. The summed E-state index contributed by atoms with van der Waals surface area (Å²) in [6, 6.07) is 0. The highest BCUT2D eigenvalue weighted by Gasteiger charge is 2.12. The monoisotopic (exact) mass is 606 g/mol. The van der Waals surface area contributed by atoms with Crippen LogP contribution in [0.1, 0.15) is 110 Å². The molecule has 0 radical (unpaired) electrons. The Balaban J connectivity index is 3.04. The van der Waals surface area contributed by atoms with Crippen molar-refractivity contribution in [2.24, 2.45) is 0 Å². The molecule has 0 aliphatic rings. The van der Waals surface area contributed by atoms with Crippen molar-refractivity contribution in [1.82, 2.24) is 0 Å². The number of ether oxygens (including phenoxy) is 1. The van der Waals surface area contributed by atoms with Crippen molar-refractivity contribution in [2.45, 2.75) is 111 Å². The highest BCUT2D eigenvalue weighted by Crippen LogP contribution is 2.29. The van der Waals surface area contributed by atoms with Crippen LogP contribution in [0.2, 0.25) is 0 Å². The summed E-state index contributed by atoms with van der Waals surface area (Å²) in [7, 11) is 1.31. The first-order valence-corrected chi connectivity index (χ1v) is 14.2. The van der Waals surface area contributed by atoms with Crippen LogP contribution in [-0.2, 0) is 4.74 Å². The lowest BCUT2D eigenvalue weighted by molar-refractivity contribution is 0.151. The smallest absolute Gasteiger partial charge is 0.0671 e. The maximum atomic E-state index is 5.53. The molecule has 0 aliphatic heterocycles. The van der Waals surface area contributed by atoms with Gasteiger partial charge in [0.2, 0.25) is 0 Å². The second kappa shape index (κ2) is 19.7. The van der Waals surface area contributed by atoms with Crippen molar-refractivity contribution in [1.29, 1.82) is 0 Å². The minimum absolute atomic E-state index is 0.606. The molecule has 0 aromatic heterocycles. The van der Waals surface area contributed by atoms with E-state index in [1.54, 1.807) is 0 Å². The topological polar surface area (TPSA) is 9.23 Å². The molecule has 0 spiro atoms. The summed E-state index contributed by atoms with van der Waals surface area (Å²) in [6.07, 6.45) is 22.8. The van der Waals surface area contributed by atoms with Crippen molar-refractivity contribution in [2.75, 3.05) is 13.2 Å². The molecule has 0 N–H and O–H groups in total. The number of unbranched alkanes of at least 4 members (excludes halogenated alkanes) is 14. The van der Waals surface area contributed by atoms with Gasteiger partial charge in [0.05, 0.1) is 7.66 Å². The van der Waals surface area contributed by atoms with Crippen molar-refractivity contribution in [3.8, 4) is 0 Å². The molecule has 0 bridgehead atoms. The standard InChI is InChI=1S/C22H44I2OSi/c1-21(2)20-25-19-17-15-13-11-9-7-5-3-4-6-8-10-12-14-16-18-22(23,24)26/h1,3-20H2,2,26H3. The maximum Gasteiger partial charge on any atom is 0.0671 e. The number of rotatable bonds is 20. The number of hydrogen-bond donors (Lipinski definition) is 0. The SMILES string of the molecule is C=C(C)COCCCCCCCCCCCCCCCCCC([SiH3])(I)I. The summed E-state index contributed by atoms with van der Waals surface area (Å²) in [6.45, 7) is 7.52. The van der Waals surface area contributed by atoms with Crippen LogP contribution < -0.4 is 0 Å². The van der Waals surface area contributed by atoms with Crippen molar-refractivity contribution in [3.05, 3.63) is 12.2 Å². The second-order valence-corrected chi connectivity index (χ2v) is 20.7. The highest BCUT2D eigenvalue weighted by molar-refractivity contribution is 14.2. The Morgan fingerprint density at radius 2 is 1.08 bits per heavy atom. The lowest BCUT2D eigenvalue weighted by Gasteiger charge is -2.13. The van der Waals surface area contributed by atoms with Gasteiger partial charge in [-0.05, 0) is 19.8 Å². The van der Waals surface area contributed by atoms with Gasteiger partial charge >= 0.3 is 0 Å². The molecule has 0 aromatic carbocycles. The van der Waals surface area contributed by atoms with E-state index >= 15 is 0 Å². The van der Waals surface area contributed by atoms with E-state index in [-0.39, 0.29) is 0 Å². The van der Waals surface area contributed by atoms with Crippen molar-refractivity contribution in [3.63, 3.8) is 0 Å². The summed E-state index contributed by atoms with van der Waals surface area (Å²) < 4.78 is 6.13. The van der Waals surface area contributed by atoms with E-state index in [4.69, 9.17) is 4.74 Å². The first kappa shape index (κ1) is 27.4. The number of hydrogen-bond acceptors (Lipinski definition) is 1. The average molecular weight is 606 g/mol. The molecular formula is C22H44I2OSi. The Morgan fingerprint density at radius 3 is 1.42 bits per heavy atom. The van der Waals surface area contributed by atoms with Crippen LogP contribution >= 0.6 is 45.2 Å². The summed E-state index contributed by atoms with van der Waals surface area (Å²) in [5, 5.41) is 0. The molecule has 0 saturated heterocycles. The Bertz CT molecular complexity index is 316. The van der Waals surface area contributed by atoms with Crippen LogP contribution in [0.5, 0.6) is 0 Å². The van der Waals surface area contributed by atoms with E-state index in [1.807, 2.05) is 6.92 Å². The van der Waals surface area contributed by atoms with E-state index in [9.17, 15) is 0 Å². The largest absolute Gasteiger partial charge is 0.377 e. The molecule has 0 fully saturated rings. The van der Waals surface area contributed by atoms with E-state index in [1.165, 1.54) is 113 Å². The van der Waals surface area contributed by atoms with E-state index in [0.29, 0.717) is 1.05 Å². The third kappa shape index (κ3) is 25.4. The predicted octanol–water partition coefficient (Wildman–Crippen LogP) is 7.71. The van der Waals surface area contributed by atoms with Gasteiger partial charge in [-0.3, -0.25) is 0 Å². The molecule has 0 heterocycles. The van der Waals surface area contributed by atoms with Gasteiger partial charge in [0.25, 0.3) is 0 Å². The third-order valence-electron chi connectivity index (χ3n) is 4.75. The summed E-state index contributed by atoms with van der Waals surface area (Å²) in [5.74, 6) is 0. The van der Waals surface area contributed by atoms with Crippen LogP contribution in [0.15, 0.2) is 12.2 Å². The summed E-state index contributed by atoms with van der Waals surface area (Å²) in [4.78, 5) is 0. The predicted molar refractivity (Wildman–Crippen MR) is 140 cm³/mol. The van der Waals surface area contributed by atoms with Gasteiger partial charge in [0.1, 0.15) is 0 Å². The molecule has 156 valence electrons. The molecule has 1 nitrogen and oxygen atoms in total. The Hall–Kier alpha value is 1.38. The number of halogens is 2. The second-order valence-electron chi connectivity index (χ2n) is 8.13. The van der Waals surface area contributed by atoms with Gasteiger partial charge < -0.3 is 4.74 Å². The fourth-order valence-electron chi connectivity index (χ4n) is 3.18. The van der Waals surface area contributed by atoms with Crippen LogP contribution in [0.3, 0.4) is 0 Å². The molecule has 0 atom stereocenters. The molecule has 0 rings (SSSR count). The van der Waals surface area contributed by atoms with E-state index in [0.717, 1.165) is 18.8 Å². The Morgan fingerprint density at radius 1 is 0.731 bits per heavy atom. The quantitative estimate of drug-likeness (QED) is 0.0454. The lowest BCUT2D eigenvalue weighted by Crippen LogP contribution is -2.08. The Labute approximate surface area is 195 Å². The third-order valence-corrected chi connectivity index (χ3v) is 6.33. The molecule has 0 saturated carbocycles. The minimum atomic E-state index is 0.606. The minimum Gasteiger partial charge on any atom is -0.377 e.